The molecule has 32 heavy (non-hydrogen) atoms. The number of carbonyl (C=O) groups is 2. The first kappa shape index (κ1) is 21.0. The van der Waals surface area contributed by atoms with Crippen molar-refractivity contribution in [2.24, 2.45) is 0 Å². The van der Waals surface area contributed by atoms with Crippen molar-refractivity contribution in [3.63, 3.8) is 0 Å². The molecule has 1 heterocycles. The van der Waals surface area contributed by atoms with Gasteiger partial charge in [0.25, 0.3) is 11.7 Å². The normalized spacial score (nSPS) is 17.4. The van der Waals surface area contributed by atoms with Gasteiger partial charge >= 0.3 is 0 Å². The first-order valence-electron chi connectivity index (χ1n) is 9.83. The smallest absolute Gasteiger partial charge is 0.300 e. The maximum absolute atomic E-state index is 13.1. The number of rotatable bonds is 5. The number of phenols is 1. The number of Topliss-reactive ketones (excluding diaryl/α,β-unsaturated/α-hetero) is 1. The maximum Gasteiger partial charge on any atom is 0.300 e. The molecule has 4 rings (SSSR count). The van der Waals surface area contributed by atoms with E-state index in [1.807, 2.05) is 0 Å². The zero-order valence-corrected chi connectivity index (χ0v) is 17.5. The summed E-state index contributed by atoms with van der Waals surface area (Å²) in [5.41, 5.74) is 1.31. The molecule has 3 aromatic carbocycles. The Morgan fingerprint density at radius 2 is 1.59 bits per heavy atom. The second-order valence-corrected chi connectivity index (χ2v) is 7.16. The highest BCUT2D eigenvalue weighted by Gasteiger charge is 2.47. The van der Waals surface area contributed by atoms with Gasteiger partial charge in [0.1, 0.15) is 11.5 Å². The molecule has 0 aromatic heterocycles. The van der Waals surface area contributed by atoms with E-state index >= 15 is 0 Å². The van der Waals surface area contributed by atoms with E-state index in [4.69, 9.17) is 9.47 Å². The molecule has 0 spiro atoms. The molecule has 0 unspecified atom stereocenters. The summed E-state index contributed by atoms with van der Waals surface area (Å²) >= 11 is 0. The number of aromatic hydroxyl groups is 1. The Morgan fingerprint density at radius 3 is 2.22 bits per heavy atom. The molecule has 1 fully saturated rings. The van der Waals surface area contributed by atoms with Crippen molar-refractivity contribution in [3.8, 4) is 17.2 Å². The number of amides is 1. The molecular weight excluding hydrogens is 410 g/mol. The van der Waals surface area contributed by atoms with Crippen LogP contribution in [-0.4, -0.2) is 36.1 Å². The highest BCUT2D eigenvalue weighted by molar-refractivity contribution is 6.51. The van der Waals surface area contributed by atoms with Gasteiger partial charge < -0.3 is 19.7 Å². The minimum absolute atomic E-state index is 0.0511. The van der Waals surface area contributed by atoms with Crippen LogP contribution >= 0.6 is 0 Å². The first-order chi connectivity index (χ1) is 15.5. The Bertz CT molecular complexity index is 1200. The lowest BCUT2D eigenvalue weighted by molar-refractivity contribution is -0.132. The van der Waals surface area contributed by atoms with Crippen LogP contribution in [0.3, 0.4) is 0 Å². The summed E-state index contributed by atoms with van der Waals surface area (Å²) in [5, 5.41) is 21.1. The van der Waals surface area contributed by atoms with Crippen LogP contribution in [0, 0.1) is 0 Å². The van der Waals surface area contributed by atoms with Crippen molar-refractivity contribution in [3.05, 3.63) is 89.5 Å². The molecule has 0 bridgehead atoms. The largest absolute Gasteiger partial charge is 0.507 e. The Morgan fingerprint density at radius 1 is 0.906 bits per heavy atom. The summed E-state index contributed by atoms with van der Waals surface area (Å²) < 4.78 is 10.4. The summed E-state index contributed by atoms with van der Waals surface area (Å²) in [6.45, 7) is 0. The average molecular weight is 431 g/mol. The molecule has 7 heteroatoms. The van der Waals surface area contributed by atoms with E-state index in [2.05, 4.69) is 0 Å². The summed E-state index contributed by atoms with van der Waals surface area (Å²) in [6, 6.07) is 18.9. The Balaban J connectivity index is 1.95. The molecule has 7 nitrogen and oxygen atoms in total. The lowest BCUT2D eigenvalue weighted by atomic mass is 9.95. The van der Waals surface area contributed by atoms with Crippen molar-refractivity contribution in [1.82, 2.24) is 0 Å². The molecule has 1 amide bonds. The summed E-state index contributed by atoms with van der Waals surface area (Å²) in [5.74, 6) is -1.17. The van der Waals surface area contributed by atoms with E-state index < -0.39 is 17.7 Å². The van der Waals surface area contributed by atoms with Crippen LogP contribution in [0.4, 0.5) is 5.69 Å². The third kappa shape index (κ3) is 3.54. The topological polar surface area (TPSA) is 96.3 Å². The fourth-order valence-electron chi connectivity index (χ4n) is 3.77. The number of carbonyl (C=O) groups excluding carboxylic acids is 2. The van der Waals surface area contributed by atoms with Crippen molar-refractivity contribution < 1.29 is 29.3 Å². The number of hydrogen-bond donors (Lipinski definition) is 2. The van der Waals surface area contributed by atoms with Crippen LogP contribution in [-0.2, 0) is 9.59 Å². The van der Waals surface area contributed by atoms with E-state index in [0.29, 0.717) is 22.6 Å². The van der Waals surface area contributed by atoms with Crippen molar-refractivity contribution in [2.75, 3.05) is 19.1 Å². The van der Waals surface area contributed by atoms with Gasteiger partial charge in [-0.1, -0.05) is 36.4 Å². The molecule has 1 aliphatic rings. The van der Waals surface area contributed by atoms with Gasteiger partial charge in [0, 0.05) is 11.3 Å². The summed E-state index contributed by atoms with van der Waals surface area (Å²) in [6.07, 6.45) is 0. The molecule has 162 valence electrons. The van der Waals surface area contributed by atoms with Crippen LogP contribution in [0.15, 0.2) is 78.4 Å². The Kier molecular flexibility index (Phi) is 5.55. The van der Waals surface area contributed by atoms with Gasteiger partial charge in [0.15, 0.2) is 11.5 Å². The lowest BCUT2D eigenvalue weighted by Gasteiger charge is -2.26. The van der Waals surface area contributed by atoms with Crippen LogP contribution in [0.2, 0.25) is 0 Å². The van der Waals surface area contributed by atoms with Gasteiger partial charge in [0.2, 0.25) is 0 Å². The van der Waals surface area contributed by atoms with Gasteiger partial charge in [-0.05, 0) is 42.0 Å². The van der Waals surface area contributed by atoms with Gasteiger partial charge in [-0.25, -0.2) is 0 Å². The number of anilines is 1. The first-order valence-corrected chi connectivity index (χ1v) is 9.83. The highest BCUT2D eigenvalue weighted by Crippen LogP contribution is 2.44. The minimum Gasteiger partial charge on any atom is -0.507 e. The zero-order chi connectivity index (χ0) is 22.8. The molecule has 2 N–H and O–H groups in total. The number of aliphatic hydroxyl groups excluding tert-OH is 1. The van der Waals surface area contributed by atoms with Gasteiger partial charge in [-0.3, -0.25) is 14.5 Å². The Labute approximate surface area is 184 Å². The standard InChI is InChI=1S/C25H21NO6/c1-31-18-11-9-17(10-12-18)26-22(16-8-13-19(27)20(14-16)32-2)21(24(29)25(26)30)23(28)15-6-4-3-5-7-15/h3-14,22,27-28H,1-2H3/t22-/m0/s1. The fraction of sp³-hybridized carbons (Fsp3) is 0.120. The molecule has 0 saturated carbocycles. The monoisotopic (exact) mass is 431 g/mol. The third-order valence-corrected chi connectivity index (χ3v) is 5.36. The van der Waals surface area contributed by atoms with Gasteiger partial charge in [-0.15, -0.1) is 0 Å². The van der Waals surface area contributed by atoms with Gasteiger partial charge in [-0.2, -0.15) is 0 Å². The molecule has 0 radical (unpaired) electrons. The predicted octanol–water partition coefficient (Wildman–Crippen LogP) is 4.04. The van der Waals surface area contributed by atoms with E-state index in [1.165, 1.54) is 25.2 Å². The third-order valence-electron chi connectivity index (χ3n) is 5.36. The van der Waals surface area contributed by atoms with Crippen molar-refractivity contribution in [1.29, 1.82) is 0 Å². The molecular formula is C25H21NO6. The van der Waals surface area contributed by atoms with E-state index in [-0.39, 0.29) is 22.8 Å². The van der Waals surface area contributed by atoms with Crippen LogP contribution in [0.1, 0.15) is 17.2 Å². The van der Waals surface area contributed by atoms with Gasteiger partial charge in [0.05, 0.1) is 25.8 Å². The highest BCUT2D eigenvalue weighted by atomic mass is 16.5. The number of methoxy groups -OCH3 is 2. The number of hydrogen-bond acceptors (Lipinski definition) is 6. The molecule has 1 aliphatic heterocycles. The zero-order valence-electron chi connectivity index (χ0n) is 17.5. The number of ketones is 1. The maximum atomic E-state index is 13.1. The predicted molar refractivity (Wildman–Crippen MR) is 119 cm³/mol. The molecule has 1 saturated heterocycles. The second kappa shape index (κ2) is 8.47. The number of nitrogens with zero attached hydrogens (tertiary/aromatic N) is 1. The summed E-state index contributed by atoms with van der Waals surface area (Å²) in [7, 11) is 2.94. The SMILES string of the molecule is COc1ccc(N2C(=O)C(=O)C(=C(O)c3ccccc3)[C@@H]2c2ccc(O)c(OC)c2)cc1. The molecule has 1 atom stereocenters. The number of aliphatic hydroxyl groups is 1. The number of benzene rings is 3. The van der Waals surface area contributed by atoms with E-state index in [0.717, 1.165) is 0 Å². The molecule has 3 aromatic rings. The number of ether oxygens (including phenoxy) is 2. The fourth-order valence-corrected chi connectivity index (χ4v) is 3.77. The van der Waals surface area contributed by atoms with Crippen LogP contribution in [0.25, 0.3) is 5.76 Å². The average Bonchev–Trinajstić information content (AvgIpc) is 3.10. The van der Waals surface area contributed by atoms with E-state index in [9.17, 15) is 19.8 Å². The van der Waals surface area contributed by atoms with Crippen molar-refractivity contribution >= 4 is 23.1 Å². The Hall–Kier alpha value is -4.26. The van der Waals surface area contributed by atoms with Crippen molar-refractivity contribution in [2.45, 2.75) is 6.04 Å². The van der Waals surface area contributed by atoms with E-state index in [1.54, 1.807) is 66.7 Å². The number of phenolic OH excluding ortho intramolecular Hbond substituents is 1. The van der Waals surface area contributed by atoms with Crippen LogP contribution in [0.5, 0.6) is 17.2 Å². The minimum atomic E-state index is -0.932. The lowest BCUT2D eigenvalue weighted by Crippen LogP contribution is -2.29. The summed E-state index contributed by atoms with van der Waals surface area (Å²) in [4.78, 5) is 27.6. The van der Waals surface area contributed by atoms with Crippen LogP contribution < -0.4 is 14.4 Å². The molecule has 0 aliphatic carbocycles. The quantitative estimate of drug-likeness (QED) is 0.360. The second-order valence-electron chi connectivity index (χ2n) is 7.16.